The molecule has 2 heterocycles. The molecular formula is C13H20ClN3O. The lowest BCUT2D eigenvalue weighted by Crippen LogP contribution is -2.28. The van der Waals surface area contributed by atoms with E-state index in [2.05, 4.69) is 16.4 Å². The molecule has 4 nitrogen and oxygen atoms in total. The monoisotopic (exact) mass is 269 g/mol. The Kier molecular flexibility index (Phi) is 6.68. The van der Waals surface area contributed by atoms with Gasteiger partial charge >= 0.3 is 0 Å². The maximum Gasteiger partial charge on any atom is 0.222 e. The van der Waals surface area contributed by atoms with Crippen molar-refractivity contribution in [1.82, 2.24) is 15.2 Å². The third-order valence-electron chi connectivity index (χ3n) is 3.00. The average Bonchev–Trinajstić information content (AvgIpc) is 2.76. The van der Waals surface area contributed by atoms with Crippen molar-refractivity contribution in [3.8, 4) is 0 Å². The average molecular weight is 270 g/mol. The third kappa shape index (κ3) is 4.63. The molecule has 18 heavy (non-hydrogen) atoms. The highest BCUT2D eigenvalue weighted by Gasteiger charge is 2.18. The first-order valence-electron chi connectivity index (χ1n) is 6.23. The maximum absolute atomic E-state index is 11.4. The van der Waals surface area contributed by atoms with Gasteiger partial charge in [0.25, 0.3) is 0 Å². The van der Waals surface area contributed by atoms with E-state index in [0.717, 1.165) is 45.4 Å². The van der Waals surface area contributed by atoms with E-state index in [9.17, 15) is 4.79 Å². The smallest absolute Gasteiger partial charge is 0.222 e. The van der Waals surface area contributed by atoms with Crippen molar-refractivity contribution in [3.05, 3.63) is 30.1 Å². The van der Waals surface area contributed by atoms with E-state index in [1.165, 1.54) is 5.56 Å². The summed E-state index contributed by atoms with van der Waals surface area (Å²) in [6.45, 7) is 3.63. The minimum Gasteiger partial charge on any atom is -0.343 e. The number of rotatable bonds is 6. The molecule has 0 aliphatic carbocycles. The predicted octanol–water partition coefficient (Wildman–Crippen LogP) is 1.61. The lowest BCUT2D eigenvalue weighted by atomic mass is 10.3. The van der Waals surface area contributed by atoms with Crippen LogP contribution in [-0.2, 0) is 11.3 Å². The zero-order valence-electron chi connectivity index (χ0n) is 10.5. The van der Waals surface area contributed by atoms with Gasteiger partial charge in [-0.1, -0.05) is 6.07 Å². The maximum atomic E-state index is 11.4. The summed E-state index contributed by atoms with van der Waals surface area (Å²) >= 11 is 0. The van der Waals surface area contributed by atoms with E-state index in [0.29, 0.717) is 5.91 Å². The molecule has 0 saturated carbocycles. The highest BCUT2D eigenvalue weighted by atomic mass is 35.5. The lowest BCUT2D eigenvalue weighted by molar-refractivity contribution is -0.127. The molecule has 2 rings (SSSR count). The van der Waals surface area contributed by atoms with Crippen molar-refractivity contribution in [1.29, 1.82) is 0 Å². The van der Waals surface area contributed by atoms with E-state index >= 15 is 0 Å². The molecule has 0 bridgehead atoms. The topological polar surface area (TPSA) is 45.2 Å². The molecule has 0 spiro atoms. The summed E-state index contributed by atoms with van der Waals surface area (Å²) in [7, 11) is 0. The minimum atomic E-state index is 0. The molecule has 1 aliphatic heterocycles. The number of likely N-dealkylation sites (tertiary alicyclic amines) is 1. The molecule has 1 saturated heterocycles. The van der Waals surface area contributed by atoms with Gasteiger partial charge in [-0.25, -0.2) is 0 Å². The molecule has 1 aliphatic rings. The quantitative estimate of drug-likeness (QED) is 0.798. The molecule has 0 radical (unpaired) electrons. The summed E-state index contributed by atoms with van der Waals surface area (Å²) in [4.78, 5) is 17.4. The molecule has 0 atom stereocenters. The van der Waals surface area contributed by atoms with Crippen molar-refractivity contribution in [2.45, 2.75) is 25.8 Å². The van der Waals surface area contributed by atoms with Gasteiger partial charge in [-0.3, -0.25) is 9.78 Å². The van der Waals surface area contributed by atoms with Crippen LogP contribution >= 0.6 is 12.4 Å². The molecular weight excluding hydrogens is 250 g/mol. The highest BCUT2D eigenvalue weighted by Crippen LogP contribution is 2.09. The van der Waals surface area contributed by atoms with Crippen molar-refractivity contribution >= 4 is 18.3 Å². The van der Waals surface area contributed by atoms with Crippen molar-refractivity contribution < 1.29 is 4.79 Å². The third-order valence-corrected chi connectivity index (χ3v) is 3.00. The number of carbonyl (C=O) groups excluding carboxylic acids is 1. The Hall–Kier alpha value is -1.13. The van der Waals surface area contributed by atoms with Gasteiger partial charge in [-0.05, 0) is 31.0 Å². The van der Waals surface area contributed by atoms with Gasteiger partial charge in [-0.2, -0.15) is 0 Å². The fraction of sp³-hybridized carbons (Fsp3) is 0.538. The van der Waals surface area contributed by atoms with Crippen molar-refractivity contribution in [2.24, 2.45) is 0 Å². The zero-order chi connectivity index (χ0) is 11.9. The Bertz CT molecular complexity index is 359. The van der Waals surface area contributed by atoms with E-state index in [-0.39, 0.29) is 12.4 Å². The fourth-order valence-electron chi connectivity index (χ4n) is 2.07. The standard InChI is InChI=1S/C13H19N3O.ClH/c17-13-5-2-8-16(13)9-3-7-15-11-12-4-1-6-14-10-12;/h1,4,6,10,15H,2-3,5,7-9,11H2;1H. The van der Waals surface area contributed by atoms with Gasteiger partial charge < -0.3 is 10.2 Å². The number of halogens is 1. The summed E-state index contributed by atoms with van der Waals surface area (Å²) in [5, 5.41) is 3.36. The van der Waals surface area contributed by atoms with Crippen LogP contribution in [-0.4, -0.2) is 35.4 Å². The second-order valence-corrected chi connectivity index (χ2v) is 4.38. The van der Waals surface area contributed by atoms with Crippen LogP contribution < -0.4 is 5.32 Å². The molecule has 1 N–H and O–H groups in total. The van der Waals surface area contributed by atoms with Crippen LogP contribution in [0.15, 0.2) is 24.5 Å². The lowest BCUT2D eigenvalue weighted by Gasteiger charge is -2.15. The number of nitrogens with one attached hydrogen (secondary N) is 1. The molecule has 100 valence electrons. The summed E-state index contributed by atoms with van der Waals surface area (Å²) < 4.78 is 0. The zero-order valence-corrected chi connectivity index (χ0v) is 11.3. The van der Waals surface area contributed by atoms with E-state index < -0.39 is 0 Å². The number of pyridine rings is 1. The van der Waals surface area contributed by atoms with Crippen LogP contribution in [0.1, 0.15) is 24.8 Å². The molecule has 5 heteroatoms. The number of hydrogen-bond donors (Lipinski definition) is 1. The summed E-state index contributed by atoms with van der Waals surface area (Å²) in [6.07, 6.45) is 6.44. The Morgan fingerprint density at radius 1 is 1.44 bits per heavy atom. The van der Waals surface area contributed by atoms with Crippen LogP contribution in [0.4, 0.5) is 0 Å². The first kappa shape index (κ1) is 14.9. The van der Waals surface area contributed by atoms with Gasteiger partial charge in [0.15, 0.2) is 0 Å². The largest absolute Gasteiger partial charge is 0.343 e. The molecule has 0 aromatic carbocycles. The predicted molar refractivity (Wildman–Crippen MR) is 73.6 cm³/mol. The van der Waals surface area contributed by atoms with Gasteiger partial charge in [0.05, 0.1) is 0 Å². The molecule has 1 aromatic heterocycles. The second kappa shape index (κ2) is 8.06. The number of amides is 1. The minimum absolute atomic E-state index is 0. The van der Waals surface area contributed by atoms with Crippen LogP contribution in [0.3, 0.4) is 0 Å². The van der Waals surface area contributed by atoms with Crippen molar-refractivity contribution in [2.75, 3.05) is 19.6 Å². The first-order chi connectivity index (χ1) is 8.36. The van der Waals surface area contributed by atoms with Gasteiger partial charge in [-0.15, -0.1) is 12.4 Å². The molecule has 1 aromatic rings. The molecule has 0 unspecified atom stereocenters. The first-order valence-corrected chi connectivity index (χ1v) is 6.23. The summed E-state index contributed by atoms with van der Waals surface area (Å²) in [5.41, 5.74) is 1.20. The number of hydrogen-bond acceptors (Lipinski definition) is 3. The summed E-state index contributed by atoms with van der Waals surface area (Å²) in [6, 6.07) is 4.00. The normalized spacial score (nSPS) is 14.7. The van der Waals surface area contributed by atoms with E-state index in [4.69, 9.17) is 0 Å². The number of carbonyl (C=O) groups is 1. The molecule has 1 amide bonds. The van der Waals surface area contributed by atoms with Crippen LogP contribution in [0.25, 0.3) is 0 Å². The second-order valence-electron chi connectivity index (χ2n) is 4.38. The number of aromatic nitrogens is 1. The Morgan fingerprint density at radius 3 is 3.00 bits per heavy atom. The van der Waals surface area contributed by atoms with Crippen LogP contribution in [0.5, 0.6) is 0 Å². The SMILES string of the molecule is Cl.O=C1CCCN1CCCNCc1cccnc1. The van der Waals surface area contributed by atoms with E-state index in [1.54, 1.807) is 6.20 Å². The van der Waals surface area contributed by atoms with Gasteiger partial charge in [0, 0.05) is 38.4 Å². The van der Waals surface area contributed by atoms with E-state index in [1.807, 2.05) is 17.2 Å². The molecule has 1 fully saturated rings. The van der Waals surface area contributed by atoms with Gasteiger partial charge in [0.1, 0.15) is 0 Å². The highest BCUT2D eigenvalue weighted by molar-refractivity contribution is 5.85. The van der Waals surface area contributed by atoms with Gasteiger partial charge in [0.2, 0.25) is 5.91 Å². The van der Waals surface area contributed by atoms with Crippen LogP contribution in [0, 0.1) is 0 Å². The van der Waals surface area contributed by atoms with Crippen LogP contribution in [0.2, 0.25) is 0 Å². The Morgan fingerprint density at radius 2 is 2.33 bits per heavy atom. The number of nitrogens with zero attached hydrogens (tertiary/aromatic N) is 2. The Balaban J connectivity index is 0.00000162. The fourth-order valence-corrected chi connectivity index (χ4v) is 2.07. The van der Waals surface area contributed by atoms with Crippen molar-refractivity contribution in [3.63, 3.8) is 0 Å². The summed E-state index contributed by atoms with van der Waals surface area (Å²) in [5.74, 6) is 0.317. The Labute approximate surface area is 114 Å².